The fourth-order valence-corrected chi connectivity index (χ4v) is 5.06. The first-order valence-electron chi connectivity index (χ1n) is 12.8. The monoisotopic (exact) mass is 595 g/mol. The van der Waals surface area contributed by atoms with Gasteiger partial charge < -0.3 is 10.6 Å². The van der Waals surface area contributed by atoms with Crippen LogP contribution in [0.15, 0.2) is 77.3 Å². The van der Waals surface area contributed by atoms with E-state index in [0.717, 1.165) is 28.2 Å². The molecular weight excluding hydrogens is 564 g/mol. The molecule has 0 saturated heterocycles. The molecule has 4 rings (SSSR count). The van der Waals surface area contributed by atoms with Gasteiger partial charge in [0, 0.05) is 16.6 Å². The van der Waals surface area contributed by atoms with E-state index in [-0.39, 0.29) is 17.3 Å². The number of carbonyl (C=O) groups excluding carboxylic acids is 1. The highest BCUT2D eigenvalue weighted by Gasteiger charge is 2.39. The second-order valence-corrected chi connectivity index (χ2v) is 11.4. The van der Waals surface area contributed by atoms with Gasteiger partial charge in [-0.15, -0.1) is 0 Å². The zero-order valence-corrected chi connectivity index (χ0v) is 23.8. The first-order chi connectivity index (χ1) is 18.6. The van der Waals surface area contributed by atoms with Gasteiger partial charge in [0.2, 0.25) is 0 Å². The zero-order valence-electron chi connectivity index (χ0n) is 22.2. The number of rotatable bonds is 9. The summed E-state index contributed by atoms with van der Waals surface area (Å²) in [5.74, 6) is -0.859. The molecule has 0 radical (unpaired) electrons. The van der Waals surface area contributed by atoms with Crippen molar-refractivity contribution in [3.63, 3.8) is 0 Å². The summed E-state index contributed by atoms with van der Waals surface area (Å²) in [6.45, 7) is 7.17. The lowest BCUT2D eigenvalue weighted by molar-refractivity contribution is 0.0479. The highest BCUT2D eigenvalue weighted by molar-refractivity contribution is 9.10. The molecule has 0 saturated carbocycles. The largest absolute Gasteiger partial charge is 0.330 e. The van der Waals surface area contributed by atoms with Crippen molar-refractivity contribution < 1.29 is 13.6 Å². The Morgan fingerprint density at radius 3 is 2.46 bits per heavy atom. The summed E-state index contributed by atoms with van der Waals surface area (Å²) in [5, 5.41) is 4.66. The van der Waals surface area contributed by atoms with Crippen LogP contribution in [0.5, 0.6) is 0 Å². The van der Waals surface area contributed by atoms with Crippen LogP contribution in [0.2, 0.25) is 0 Å². The number of nitrogens with two attached hydrogens (primary N) is 1. The SMILES string of the molecule is CC(C)(C)[C@H](c1nc(-c2cc(F)ccc2F)nn1Cc1cccc(Br)c1)N(CCCN)C(=O)c1ccccc1. The van der Waals surface area contributed by atoms with Gasteiger partial charge in [0.25, 0.3) is 5.91 Å². The fraction of sp³-hybridized carbons (Fsp3) is 0.300. The van der Waals surface area contributed by atoms with Crippen molar-refractivity contribution in [2.75, 3.05) is 13.1 Å². The number of nitrogens with zero attached hydrogens (tertiary/aromatic N) is 4. The third-order valence-corrected chi connectivity index (χ3v) is 6.85. The van der Waals surface area contributed by atoms with Gasteiger partial charge >= 0.3 is 0 Å². The molecule has 0 aliphatic rings. The summed E-state index contributed by atoms with van der Waals surface area (Å²) in [5.41, 5.74) is 6.79. The van der Waals surface area contributed by atoms with E-state index in [1.807, 2.05) is 63.2 Å². The number of benzene rings is 3. The first-order valence-corrected chi connectivity index (χ1v) is 13.6. The number of hydrogen-bond acceptors (Lipinski definition) is 4. The van der Waals surface area contributed by atoms with Gasteiger partial charge in [-0.2, -0.15) is 5.10 Å². The van der Waals surface area contributed by atoms with Crippen molar-refractivity contribution in [1.82, 2.24) is 19.7 Å². The topological polar surface area (TPSA) is 77.0 Å². The van der Waals surface area contributed by atoms with E-state index in [0.29, 0.717) is 37.4 Å². The minimum absolute atomic E-state index is 0.0419. The van der Waals surface area contributed by atoms with Crippen LogP contribution in [0.4, 0.5) is 8.78 Å². The van der Waals surface area contributed by atoms with Crippen molar-refractivity contribution in [3.8, 4) is 11.4 Å². The molecule has 39 heavy (non-hydrogen) atoms. The number of amides is 1. The van der Waals surface area contributed by atoms with Crippen molar-refractivity contribution in [2.45, 2.75) is 39.8 Å². The standard InChI is InChI=1S/C30H32BrF2N5O/c1-30(2,3)26(37(16-8-15-34)29(39)21-10-5-4-6-11-21)28-35-27(24-18-23(32)13-14-25(24)33)36-38(28)19-20-9-7-12-22(31)17-20/h4-7,9-14,17-18,26H,8,15-16,19,34H2,1-3H3/t26-/m0/s1. The lowest BCUT2D eigenvalue weighted by atomic mass is 9.84. The molecular formula is C30H32BrF2N5O. The molecule has 0 bridgehead atoms. The Bertz CT molecular complexity index is 1440. The van der Waals surface area contributed by atoms with E-state index in [1.54, 1.807) is 21.7 Å². The normalized spacial score (nSPS) is 12.4. The number of hydrogen-bond donors (Lipinski definition) is 1. The molecule has 1 amide bonds. The van der Waals surface area contributed by atoms with E-state index >= 15 is 0 Å². The van der Waals surface area contributed by atoms with E-state index in [4.69, 9.17) is 10.7 Å². The highest BCUT2D eigenvalue weighted by atomic mass is 79.9. The Labute approximate surface area is 236 Å². The summed E-state index contributed by atoms with van der Waals surface area (Å²) in [7, 11) is 0. The van der Waals surface area contributed by atoms with Crippen LogP contribution in [0.25, 0.3) is 11.4 Å². The summed E-state index contributed by atoms with van der Waals surface area (Å²) in [6.07, 6.45) is 0.580. The van der Waals surface area contributed by atoms with E-state index in [1.165, 1.54) is 0 Å². The second-order valence-electron chi connectivity index (χ2n) is 10.5. The third kappa shape index (κ3) is 6.78. The molecule has 9 heteroatoms. The maximum atomic E-state index is 14.8. The third-order valence-electron chi connectivity index (χ3n) is 6.35. The Kier molecular flexibility index (Phi) is 8.92. The highest BCUT2D eigenvalue weighted by Crippen LogP contribution is 2.39. The van der Waals surface area contributed by atoms with Gasteiger partial charge in [-0.3, -0.25) is 4.79 Å². The van der Waals surface area contributed by atoms with Gasteiger partial charge in [-0.05, 0) is 66.4 Å². The molecule has 204 valence electrons. The fourth-order valence-electron chi connectivity index (χ4n) is 4.61. The van der Waals surface area contributed by atoms with Crippen LogP contribution in [0.3, 0.4) is 0 Å². The van der Waals surface area contributed by atoms with Gasteiger partial charge in [-0.1, -0.05) is 67.0 Å². The van der Waals surface area contributed by atoms with Crippen molar-refractivity contribution in [3.05, 3.63) is 106 Å². The average Bonchev–Trinajstić information content (AvgIpc) is 3.29. The van der Waals surface area contributed by atoms with E-state index < -0.39 is 23.1 Å². The molecule has 2 N–H and O–H groups in total. The van der Waals surface area contributed by atoms with Gasteiger partial charge in [0.05, 0.1) is 18.2 Å². The minimum Gasteiger partial charge on any atom is -0.330 e. The van der Waals surface area contributed by atoms with Crippen molar-refractivity contribution in [2.24, 2.45) is 11.1 Å². The maximum Gasteiger partial charge on any atom is 0.254 e. The Balaban J connectivity index is 1.91. The summed E-state index contributed by atoms with van der Waals surface area (Å²) >= 11 is 3.51. The Hall–Kier alpha value is -3.43. The lowest BCUT2D eigenvalue weighted by Gasteiger charge is -2.39. The van der Waals surface area contributed by atoms with Gasteiger partial charge in [0.15, 0.2) is 11.6 Å². The predicted molar refractivity (Wildman–Crippen MR) is 152 cm³/mol. The molecule has 6 nitrogen and oxygen atoms in total. The molecule has 3 aromatic carbocycles. The number of halogens is 3. The van der Waals surface area contributed by atoms with Crippen molar-refractivity contribution >= 4 is 21.8 Å². The maximum absolute atomic E-state index is 14.8. The molecule has 0 spiro atoms. The van der Waals surface area contributed by atoms with Crippen LogP contribution in [0.1, 0.15) is 55.0 Å². The van der Waals surface area contributed by atoms with Crippen molar-refractivity contribution in [1.29, 1.82) is 0 Å². The molecule has 0 unspecified atom stereocenters. The van der Waals surface area contributed by atoms with Gasteiger partial charge in [0.1, 0.15) is 11.6 Å². The quantitative estimate of drug-likeness (QED) is 0.236. The Morgan fingerprint density at radius 1 is 1.05 bits per heavy atom. The molecule has 1 aromatic heterocycles. The summed E-state index contributed by atoms with van der Waals surface area (Å²) in [6, 6.07) is 19.4. The van der Waals surface area contributed by atoms with Crippen LogP contribution in [0, 0.1) is 17.0 Å². The average molecular weight is 597 g/mol. The van der Waals surface area contributed by atoms with Crippen LogP contribution in [-0.2, 0) is 6.54 Å². The smallest absolute Gasteiger partial charge is 0.254 e. The van der Waals surface area contributed by atoms with Crippen LogP contribution >= 0.6 is 15.9 Å². The molecule has 0 aliphatic carbocycles. The van der Waals surface area contributed by atoms with Gasteiger partial charge in [-0.25, -0.2) is 18.4 Å². The predicted octanol–water partition coefficient (Wildman–Crippen LogP) is 6.61. The second kappa shape index (κ2) is 12.2. The van der Waals surface area contributed by atoms with Crippen LogP contribution in [-0.4, -0.2) is 38.7 Å². The molecule has 4 aromatic rings. The van der Waals surface area contributed by atoms with E-state index in [2.05, 4.69) is 21.0 Å². The minimum atomic E-state index is -0.629. The first kappa shape index (κ1) is 28.6. The summed E-state index contributed by atoms with van der Waals surface area (Å²) in [4.78, 5) is 20.5. The lowest BCUT2D eigenvalue weighted by Crippen LogP contribution is -2.43. The van der Waals surface area contributed by atoms with E-state index in [9.17, 15) is 13.6 Å². The zero-order chi connectivity index (χ0) is 28.2. The number of carbonyl (C=O) groups is 1. The van der Waals surface area contributed by atoms with Crippen LogP contribution < -0.4 is 5.73 Å². The molecule has 1 heterocycles. The molecule has 0 fully saturated rings. The summed E-state index contributed by atoms with van der Waals surface area (Å²) < 4.78 is 31.6. The number of aromatic nitrogens is 3. The Morgan fingerprint density at radius 2 is 1.79 bits per heavy atom. The molecule has 1 atom stereocenters. The molecule has 0 aliphatic heterocycles.